The number of nitrogens with one attached hydrogen (secondary N) is 1. The standard InChI is InChI=1S/C19H12ClF6NO2/c1-8-9(2)27-12-4-6-14(16(19(24,25)26)15(12)17(8)28)29-13-5-3-10(7-11(13)20)18(21,22)23/h3-7H,1-2H3,(H,27,28). The maximum atomic E-state index is 13.8. The highest BCUT2D eigenvalue weighted by molar-refractivity contribution is 6.32. The molecule has 0 aliphatic carbocycles. The van der Waals surface area contributed by atoms with Gasteiger partial charge in [0.05, 0.1) is 21.5 Å². The van der Waals surface area contributed by atoms with Gasteiger partial charge in [0.1, 0.15) is 17.1 Å². The summed E-state index contributed by atoms with van der Waals surface area (Å²) in [6, 6.07) is 4.21. The second-order valence-corrected chi connectivity index (χ2v) is 6.72. The quantitative estimate of drug-likeness (QED) is 0.459. The van der Waals surface area contributed by atoms with Crippen LogP contribution in [-0.4, -0.2) is 4.98 Å². The molecule has 10 heteroatoms. The molecule has 0 atom stereocenters. The zero-order valence-electron chi connectivity index (χ0n) is 14.8. The minimum Gasteiger partial charge on any atom is -0.455 e. The van der Waals surface area contributed by atoms with Crippen LogP contribution in [0.1, 0.15) is 22.4 Å². The Balaban J connectivity index is 2.22. The van der Waals surface area contributed by atoms with E-state index in [1.807, 2.05) is 0 Å². The maximum Gasteiger partial charge on any atom is 0.420 e. The molecule has 0 saturated carbocycles. The van der Waals surface area contributed by atoms with Gasteiger partial charge in [0.2, 0.25) is 0 Å². The summed E-state index contributed by atoms with van der Waals surface area (Å²) in [7, 11) is 0. The van der Waals surface area contributed by atoms with Crippen molar-refractivity contribution in [3.63, 3.8) is 0 Å². The Morgan fingerprint density at radius 2 is 1.55 bits per heavy atom. The highest BCUT2D eigenvalue weighted by Crippen LogP contribution is 2.43. The molecule has 0 amide bonds. The van der Waals surface area contributed by atoms with Crippen molar-refractivity contribution in [1.82, 2.24) is 4.98 Å². The van der Waals surface area contributed by atoms with Crippen molar-refractivity contribution in [2.75, 3.05) is 0 Å². The first-order chi connectivity index (χ1) is 13.3. The Morgan fingerprint density at radius 1 is 0.931 bits per heavy atom. The number of hydrogen-bond donors (Lipinski definition) is 1. The van der Waals surface area contributed by atoms with Crippen molar-refractivity contribution in [1.29, 1.82) is 0 Å². The zero-order valence-corrected chi connectivity index (χ0v) is 15.6. The molecule has 1 heterocycles. The lowest BCUT2D eigenvalue weighted by molar-refractivity contribution is -0.138. The van der Waals surface area contributed by atoms with Gasteiger partial charge in [0.15, 0.2) is 5.43 Å². The van der Waals surface area contributed by atoms with Gasteiger partial charge in [0, 0.05) is 11.3 Å². The lowest BCUT2D eigenvalue weighted by atomic mass is 10.0. The van der Waals surface area contributed by atoms with Gasteiger partial charge in [0.25, 0.3) is 0 Å². The number of rotatable bonds is 2. The van der Waals surface area contributed by atoms with Crippen LogP contribution in [-0.2, 0) is 12.4 Å². The molecule has 0 bridgehead atoms. The van der Waals surface area contributed by atoms with E-state index in [-0.39, 0.29) is 11.1 Å². The van der Waals surface area contributed by atoms with Gasteiger partial charge in [-0.2, -0.15) is 26.3 Å². The van der Waals surface area contributed by atoms with E-state index in [9.17, 15) is 31.1 Å². The van der Waals surface area contributed by atoms with Crippen LogP contribution >= 0.6 is 11.6 Å². The minimum atomic E-state index is -4.97. The monoisotopic (exact) mass is 435 g/mol. The van der Waals surface area contributed by atoms with Gasteiger partial charge < -0.3 is 9.72 Å². The van der Waals surface area contributed by atoms with E-state index in [4.69, 9.17) is 16.3 Å². The molecule has 0 aliphatic heterocycles. The molecule has 3 rings (SSSR count). The van der Waals surface area contributed by atoms with Crippen molar-refractivity contribution in [3.05, 3.63) is 68.0 Å². The van der Waals surface area contributed by atoms with Gasteiger partial charge in [-0.05, 0) is 44.2 Å². The van der Waals surface area contributed by atoms with Crippen molar-refractivity contribution >= 4 is 22.5 Å². The van der Waals surface area contributed by atoms with E-state index in [1.165, 1.54) is 13.0 Å². The average Bonchev–Trinajstić information content (AvgIpc) is 2.59. The number of aromatic amines is 1. The third-order valence-corrected chi connectivity index (χ3v) is 4.68. The van der Waals surface area contributed by atoms with Crippen molar-refractivity contribution in [2.45, 2.75) is 26.2 Å². The summed E-state index contributed by atoms with van der Waals surface area (Å²) in [5.41, 5.74) is -2.77. The first-order valence-electron chi connectivity index (χ1n) is 8.08. The fourth-order valence-electron chi connectivity index (χ4n) is 2.82. The van der Waals surface area contributed by atoms with Crippen LogP contribution in [0.25, 0.3) is 10.9 Å². The Hall–Kier alpha value is -2.68. The number of ether oxygens (including phenoxy) is 1. The molecule has 3 nitrogen and oxygen atoms in total. The van der Waals surface area contributed by atoms with Crippen LogP contribution in [0, 0.1) is 13.8 Å². The summed E-state index contributed by atoms with van der Waals surface area (Å²) in [4.78, 5) is 15.2. The number of H-pyrrole nitrogens is 1. The number of aromatic nitrogens is 1. The third kappa shape index (κ3) is 3.91. The molecular formula is C19H12ClF6NO2. The Bertz CT molecular complexity index is 1160. The number of fused-ring (bicyclic) bond motifs is 1. The van der Waals surface area contributed by atoms with E-state index in [0.29, 0.717) is 17.8 Å². The third-order valence-electron chi connectivity index (χ3n) is 4.38. The highest BCUT2D eigenvalue weighted by atomic mass is 35.5. The highest BCUT2D eigenvalue weighted by Gasteiger charge is 2.38. The number of alkyl halides is 6. The lowest BCUT2D eigenvalue weighted by Gasteiger charge is -2.18. The molecule has 0 aliphatic rings. The molecule has 0 fully saturated rings. The largest absolute Gasteiger partial charge is 0.455 e. The summed E-state index contributed by atoms with van der Waals surface area (Å²) in [6.45, 7) is 2.93. The number of hydrogen-bond acceptors (Lipinski definition) is 2. The van der Waals surface area contributed by atoms with Gasteiger partial charge >= 0.3 is 12.4 Å². The number of benzene rings is 2. The maximum absolute atomic E-state index is 13.8. The van der Waals surface area contributed by atoms with E-state index in [0.717, 1.165) is 12.1 Å². The predicted octanol–water partition coefficient (Wildman–Crippen LogP) is 6.63. The smallest absolute Gasteiger partial charge is 0.420 e. The molecule has 0 unspecified atom stereocenters. The zero-order chi connectivity index (χ0) is 21.7. The van der Waals surface area contributed by atoms with Crippen LogP contribution in [0.5, 0.6) is 11.5 Å². The average molecular weight is 436 g/mol. The number of pyridine rings is 1. The van der Waals surface area contributed by atoms with Gasteiger partial charge in [-0.1, -0.05) is 11.6 Å². The summed E-state index contributed by atoms with van der Waals surface area (Å²) in [5, 5.41) is -1.15. The van der Waals surface area contributed by atoms with Gasteiger partial charge in [-0.3, -0.25) is 4.79 Å². The Kier molecular flexibility index (Phi) is 5.06. The second kappa shape index (κ2) is 6.98. The molecule has 29 heavy (non-hydrogen) atoms. The molecule has 154 valence electrons. The topological polar surface area (TPSA) is 42.1 Å². The van der Waals surface area contributed by atoms with Gasteiger partial charge in [-0.15, -0.1) is 0 Å². The Labute approximate surface area is 164 Å². The van der Waals surface area contributed by atoms with Crippen LogP contribution in [0.3, 0.4) is 0 Å². The van der Waals surface area contributed by atoms with Gasteiger partial charge in [-0.25, -0.2) is 0 Å². The molecule has 3 aromatic rings. The SMILES string of the molecule is Cc1[nH]c2ccc(Oc3ccc(C(F)(F)F)cc3Cl)c(C(F)(F)F)c2c(=O)c1C. The van der Waals surface area contributed by atoms with Crippen LogP contribution < -0.4 is 10.2 Å². The second-order valence-electron chi connectivity index (χ2n) is 6.31. The molecular weight excluding hydrogens is 424 g/mol. The van der Waals surface area contributed by atoms with Crippen LogP contribution in [0.4, 0.5) is 26.3 Å². The fourth-order valence-corrected chi connectivity index (χ4v) is 3.04. The summed E-state index contributed by atoms with van der Waals surface area (Å²) < 4.78 is 84.8. The van der Waals surface area contributed by atoms with Crippen molar-refractivity contribution in [3.8, 4) is 11.5 Å². The number of halogens is 7. The first-order valence-corrected chi connectivity index (χ1v) is 8.46. The molecule has 1 N–H and O–H groups in total. The van der Waals surface area contributed by atoms with Crippen LogP contribution in [0.2, 0.25) is 5.02 Å². The summed E-state index contributed by atoms with van der Waals surface area (Å²) in [5.74, 6) is -1.16. The minimum absolute atomic E-state index is 0.0451. The first kappa shape index (κ1) is 21.0. The summed E-state index contributed by atoms with van der Waals surface area (Å²) in [6.07, 6.45) is -9.65. The molecule has 1 aromatic heterocycles. The van der Waals surface area contributed by atoms with Crippen molar-refractivity contribution in [2.24, 2.45) is 0 Å². The summed E-state index contributed by atoms with van der Waals surface area (Å²) >= 11 is 5.77. The van der Waals surface area contributed by atoms with E-state index in [1.54, 1.807) is 6.92 Å². The normalized spacial score (nSPS) is 12.4. The lowest BCUT2D eigenvalue weighted by Crippen LogP contribution is -2.17. The molecule has 0 radical (unpaired) electrons. The van der Waals surface area contributed by atoms with Crippen LogP contribution in [0.15, 0.2) is 35.1 Å². The van der Waals surface area contributed by atoms with E-state index in [2.05, 4.69) is 4.98 Å². The Morgan fingerprint density at radius 3 is 2.10 bits per heavy atom. The fraction of sp³-hybridized carbons (Fsp3) is 0.211. The molecule has 2 aromatic carbocycles. The van der Waals surface area contributed by atoms with E-state index < -0.39 is 50.8 Å². The van der Waals surface area contributed by atoms with Crippen molar-refractivity contribution < 1.29 is 31.1 Å². The molecule has 0 spiro atoms. The predicted molar refractivity (Wildman–Crippen MR) is 95.6 cm³/mol. The number of aryl methyl sites for hydroxylation is 1. The van der Waals surface area contributed by atoms with E-state index >= 15 is 0 Å². The molecule has 0 saturated heterocycles.